The van der Waals surface area contributed by atoms with Gasteiger partial charge < -0.3 is 14.2 Å². The fourth-order valence-corrected chi connectivity index (χ4v) is 2.86. The van der Waals surface area contributed by atoms with Crippen LogP contribution in [0.4, 0.5) is 0 Å². The third kappa shape index (κ3) is 3.27. The summed E-state index contributed by atoms with van der Waals surface area (Å²) in [5.41, 5.74) is 1.03. The van der Waals surface area contributed by atoms with Gasteiger partial charge in [0, 0.05) is 20.8 Å². The summed E-state index contributed by atoms with van der Waals surface area (Å²) in [6, 6.07) is 17.8. The Morgan fingerprint density at radius 2 is 1.52 bits per heavy atom. The summed E-state index contributed by atoms with van der Waals surface area (Å²) < 4.78 is 17.7. The largest absolute Gasteiger partial charge is 0.497 e. The van der Waals surface area contributed by atoms with Crippen molar-refractivity contribution in [1.29, 1.82) is 0 Å². The van der Waals surface area contributed by atoms with Crippen molar-refractivity contribution in [3.05, 3.63) is 64.6 Å². The third-order valence-electron chi connectivity index (χ3n) is 3.70. The second-order valence-electron chi connectivity index (χ2n) is 5.06. The van der Waals surface area contributed by atoms with Gasteiger partial charge in [-0.2, -0.15) is 0 Å². The van der Waals surface area contributed by atoms with Gasteiger partial charge in [0.05, 0.1) is 14.2 Å². The maximum atomic E-state index is 6.04. The van der Waals surface area contributed by atoms with E-state index in [1.54, 1.807) is 14.2 Å². The Balaban J connectivity index is 1.91. The maximum absolute atomic E-state index is 6.04. The minimum atomic E-state index is 0.452. The molecule has 0 atom stereocenters. The molecule has 0 unspecified atom stereocenters. The van der Waals surface area contributed by atoms with Crippen LogP contribution in [0.1, 0.15) is 5.56 Å². The van der Waals surface area contributed by atoms with Crippen molar-refractivity contribution in [2.75, 3.05) is 14.2 Å². The van der Waals surface area contributed by atoms with Crippen molar-refractivity contribution in [2.45, 2.75) is 6.61 Å². The highest BCUT2D eigenvalue weighted by atomic mass is 79.9. The maximum Gasteiger partial charge on any atom is 0.127 e. The highest BCUT2D eigenvalue weighted by Gasteiger charge is 2.08. The first kappa shape index (κ1) is 15.7. The number of hydrogen-bond donors (Lipinski definition) is 0. The van der Waals surface area contributed by atoms with E-state index in [0.29, 0.717) is 6.61 Å². The molecule has 0 saturated carbocycles. The molecule has 0 aliphatic heterocycles. The van der Waals surface area contributed by atoms with Crippen LogP contribution in [-0.4, -0.2) is 14.2 Å². The van der Waals surface area contributed by atoms with E-state index in [1.807, 2.05) is 54.6 Å². The average molecular weight is 373 g/mol. The molecule has 3 nitrogen and oxygen atoms in total. The SMILES string of the molecule is COc1ccc(Br)c(COc2cccc3c(OC)cccc23)c1. The first-order valence-corrected chi connectivity index (χ1v) is 8.03. The van der Waals surface area contributed by atoms with Crippen LogP contribution in [0.5, 0.6) is 17.2 Å². The molecule has 0 amide bonds. The number of ether oxygens (including phenoxy) is 3. The topological polar surface area (TPSA) is 27.7 Å². The van der Waals surface area contributed by atoms with Gasteiger partial charge in [-0.1, -0.05) is 40.2 Å². The summed E-state index contributed by atoms with van der Waals surface area (Å²) in [6.45, 7) is 0.452. The minimum Gasteiger partial charge on any atom is -0.497 e. The molecule has 3 rings (SSSR count). The summed E-state index contributed by atoms with van der Waals surface area (Å²) in [7, 11) is 3.33. The highest BCUT2D eigenvalue weighted by Crippen LogP contribution is 2.33. The van der Waals surface area contributed by atoms with Gasteiger partial charge >= 0.3 is 0 Å². The molecule has 0 saturated heterocycles. The molecule has 0 fully saturated rings. The molecular formula is C19H17BrO3. The molecule has 3 aromatic carbocycles. The minimum absolute atomic E-state index is 0.452. The van der Waals surface area contributed by atoms with Crippen molar-refractivity contribution in [3.8, 4) is 17.2 Å². The van der Waals surface area contributed by atoms with Crippen molar-refractivity contribution in [2.24, 2.45) is 0 Å². The zero-order chi connectivity index (χ0) is 16.2. The predicted molar refractivity (Wildman–Crippen MR) is 95.5 cm³/mol. The van der Waals surface area contributed by atoms with Gasteiger partial charge in [0.1, 0.15) is 23.9 Å². The summed E-state index contributed by atoms with van der Waals surface area (Å²) in [5, 5.41) is 2.07. The molecule has 3 aromatic rings. The average Bonchev–Trinajstić information content (AvgIpc) is 2.60. The van der Waals surface area contributed by atoms with Gasteiger partial charge in [-0.05, 0) is 30.3 Å². The zero-order valence-electron chi connectivity index (χ0n) is 13.0. The van der Waals surface area contributed by atoms with Gasteiger partial charge in [0.2, 0.25) is 0 Å². The van der Waals surface area contributed by atoms with E-state index in [4.69, 9.17) is 14.2 Å². The number of hydrogen-bond acceptors (Lipinski definition) is 3. The Morgan fingerprint density at radius 3 is 2.22 bits per heavy atom. The molecular weight excluding hydrogens is 356 g/mol. The molecule has 0 aliphatic carbocycles. The number of methoxy groups -OCH3 is 2. The van der Waals surface area contributed by atoms with Crippen LogP contribution in [0, 0.1) is 0 Å². The van der Waals surface area contributed by atoms with Gasteiger partial charge in [0.15, 0.2) is 0 Å². The van der Waals surface area contributed by atoms with Crippen LogP contribution in [0.2, 0.25) is 0 Å². The Labute approximate surface area is 143 Å². The fourth-order valence-electron chi connectivity index (χ4n) is 2.50. The Kier molecular flexibility index (Phi) is 4.72. The molecule has 118 valence electrons. The molecule has 0 radical (unpaired) electrons. The van der Waals surface area contributed by atoms with Gasteiger partial charge in [-0.3, -0.25) is 0 Å². The lowest BCUT2D eigenvalue weighted by Crippen LogP contribution is -1.98. The van der Waals surface area contributed by atoms with E-state index >= 15 is 0 Å². The Hall–Kier alpha value is -2.20. The lowest BCUT2D eigenvalue weighted by atomic mass is 10.1. The van der Waals surface area contributed by atoms with Crippen LogP contribution < -0.4 is 14.2 Å². The lowest BCUT2D eigenvalue weighted by molar-refractivity contribution is 0.308. The Bertz CT molecular complexity index is 830. The molecule has 0 spiro atoms. The van der Waals surface area contributed by atoms with Crippen molar-refractivity contribution >= 4 is 26.7 Å². The second kappa shape index (κ2) is 6.92. The molecule has 0 bridgehead atoms. The first-order chi connectivity index (χ1) is 11.2. The quantitative estimate of drug-likeness (QED) is 0.615. The number of benzene rings is 3. The second-order valence-corrected chi connectivity index (χ2v) is 5.91. The number of rotatable bonds is 5. The molecule has 0 N–H and O–H groups in total. The van der Waals surface area contributed by atoms with Gasteiger partial charge in [-0.15, -0.1) is 0 Å². The highest BCUT2D eigenvalue weighted by molar-refractivity contribution is 9.10. The fraction of sp³-hybridized carbons (Fsp3) is 0.158. The van der Waals surface area contributed by atoms with Gasteiger partial charge in [-0.25, -0.2) is 0 Å². The molecule has 23 heavy (non-hydrogen) atoms. The van der Waals surface area contributed by atoms with Crippen LogP contribution in [0.25, 0.3) is 10.8 Å². The van der Waals surface area contributed by atoms with Crippen LogP contribution in [0.3, 0.4) is 0 Å². The first-order valence-electron chi connectivity index (χ1n) is 7.24. The summed E-state index contributed by atoms with van der Waals surface area (Å²) in [4.78, 5) is 0. The molecule has 0 heterocycles. The van der Waals surface area contributed by atoms with Crippen molar-refractivity contribution < 1.29 is 14.2 Å². The predicted octanol–water partition coefficient (Wildman–Crippen LogP) is 5.20. The standard InChI is InChI=1S/C19H17BrO3/c1-21-14-9-10-17(20)13(11-14)12-23-19-8-4-5-15-16(19)6-3-7-18(15)22-2/h3-11H,12H2,1-2H3. The van der Waals surface area contributed by atoms with E-state index in [9.17, 15) is 0 Å². The van der Waals surface area contributed by atoms with Crippen molar-refractivity contribution in [1.82, 2.24) is 0 Å². The Morgan fingerprint density at radius 1 is 0.826 bits per heavy atom. The number of halogens is 1. The van der Waals surface area contributed by atoms with Crippen LogP contribution >= 0.6 is 15.9 Å². The zero-order valence-corrected chi connectivity index (χ0v) is 14.6. The summed E-state index contributed by atoms with van der Waals surface area (Å²) in [6.07, 6.45) is 0. The lowest BCUT2D eigenvalue weighted by Gasteiger charge is -2.13. The summed E-state index contributed by atoms with van der Waals surface area (Å²) in [5.74, 6) is 2.48. The monoisotopic (exact) mass is 372 g/mol. The van der Waals surface area contributed by atoms with Crippen LogP contribution in [0.15, 0.2) is 59.1 Å². The van der Waals surface area contributed by atoms with E-state index in [-0.39, 0.29) is 0 Å². The van der Waals surface area contributed by atoms with E-state index < -0.39 is 0 Å². The van der Waals surface area contributed by atoms with E-state index in [2.05, 4.69) is 15.9 Å². The smallest absolute Gasteiger partial charge is 0.127 e. The third-order valence-corrected chi connectivity index (χ3v) is 4.47. The normalized spacial score (nSPS) is 10.6. The molecule has 4 heteroatoms. The van der Waals surface area contributed by atoms with Crippen LogP contribution in [-0.2, 0) is 6.61 Å². The molecule has 0 aliphatic rings. The molecule has 0 aromatic heterocycles. The van der Waals surface area contributed by atoms with Gasteiger partial charge in [0.25, 0.3) is 0 Å². The van der Waals surface area contributed by atoms with E-state index in [0.717, 1.165) is 38.1 Å². The van der Waals surface area contributed by atoms with E-state index in [1.165, 1.54) is 0 Å². The summed E-state index contributed by atoms with van der Waals surface area (Å²) >= 11 is 3.55. The van der Waals surface area contributed by atoms with Crippen molar-refractivity contribution in [3.63, 3.8) is 0 Å². The number of fused-ring (bicyclic) bond motifs is 1.